The molecule has 0 bridgehead atoms. The van der Waals surface area contributed by atoms with Crippen molar-refractivity contribution in [2.45, 2.75) is 64.1 Å². The molecule has 0 aliphatic carbocycles. The number of carbonyl (C=O) groups excluding carboxylic acids is 1. The van der Waals surface area contributed by atoms with E-state index in [1.165, 1.54) is 18.4 Å². The Bertz CT molecular complexity index is 497. The molecule has 3 atom stereocenters. The third-order valence-corrected chi connectivity index (χ3v) is 5.54. The highest BCUT2D eigenvalue weighted by Gasteiger charge is 2.47. The zero-order valence-electron chi connectivity index (χ0n) is 13.8. The summed E-state index contributed by atoms with van der Waals surface area (Å²) >= 11 is 0. The fraction of sp³-hybridized carbons (Fsp3) is 0.632. The summed E-state index contributed by atoms with van der Waals surface area (Å²) in [6.45, 7) is 5.44. The second-order valence-electron chi connectivity index (χ2n) is 6.74. The maximum absolute atomic E-state index is 12.8. The lowest BCUT2D eigenvalue weighted by Gasteiger charge is -2.24. The van der Waals surface area contributed by atoms with Gasteiger partial charge in [-0.1, -0.05) is 44.2 Å². The summed E-state index contributed by atoms with van der Waals surface area (Å²) in [5.41, 5.74) is 1.37. The molecule has 1 aromatic carbocycles. The quantitative estimate of drug-likeness (QED) is 0.902. The Morgan fingerprint density at radius 1 is 1.27 bits per heavy atom. The molecule has 2 aliphatic rings. The first-order valence-corrected chi connectivity index (χ1v) is 8.85. The van der Waals surface area contributed by atoms with Crippen LogP contribution in [0.25, 0.3) is 0 Å². The van der Waals surface area contributed by atoms with Crippen molar-refractivity contribution in [3.8, 4) is 0 Å². The van der Waals surface area contributed by atoms with E-state index in [0.29, 0.717) is 18.1 Å². The molecular formula is C19H28N2O. The van der Waals surface area contributed by atoms with Gasteiger partial charge in [0.1, 0.15) is 0 Å². The molecule has 1 amide bonds. The monoisotopic (exact) mass is 300 g/mol. The Morgan fingerprint density at radius 3 is 2.68 bits per heavy atom. The fourth-order valence-corrected chi connectivity index (χ4v) is 4.25. The number of benzene rings is 1. The second-order valence-corrected chi connectivity index (χ2v) is 6.74. The molecule has 0 spiro atoms. The van der Waals surface area contributed by atoms with Crippen LogP contribution in [0.5, 0.6) is 0 Å². The molecule has 120 valence electrons. The van der Waals surface area contributed by atoms with Crippen LogP contribution in [0.1, 0.15) is 57.6 Å². The highest BCUT2D eigenvalue weighted by atomic mass is 16.2. The van der Waals surface area contributed by atoms with Gasteiger partial charge in [-0.2, -0.15) is 0 Å². The molecular weight excluding hydrogens is 272 g/mol. The average molecular weight is 300 g/mol. The third-order valence-electron chi connectivity index (χ3n) is 5.54. The van der Waals surface area contributed by atoms with Crippen LogP contribution in [0, 0.1) is 5.92 Å². The van der Waals surface area contributed by atoms with Crippen molar-refractivity contribution in [1.82, 2.24) is 10.2 Å². The van der Waals surface area contributed by atoms with Gasteiger partial charge in [-0.05, 0) is 44.2 Å². The molecule has 3 heteroatoms. The van der Waals surface area contributed by atoms with E-state index in [9.17, 15) is 4.79 Å². The molecule has 0 saturated carbocycles. The van der Waals surface area contributed by atoms with Gasteiger partial charge in [0.15, 0.2) is 0 Å². The van der Waals surface area contributed by atoms with Gasteiger partial charge in [-0.15, -0.1) is 0 Å². The largest absolute Gasteiger partial charge is 0.353 e. The number of amides is 1. The lowest BCUT2D eigenvalue weighted by molar-refractivity contribution is -0.126. The summed E-state index contributed by atoms with van der Waals surface area (Å²) in [6, 6.07) is 11.9. The van der Waals surface area contributed by atoms with E-state index in [2.05, 4.69) is 54.4 Å². The standard InChI is InChI=1S/C19H28N2O/c1-3-15(4-2)20-19(22)16-13-18(14-9-6-5-7-10-14)21-12-8-11-17(16)21/h5-7,9-10,15-18H,3-4,8,11-13H2,1-2H3,(H,20,22)/t16-,17+,18-/m0/s1. The van der Waals surface area contributed by atoms with Gasteiger partial charge in [0, 0.05) is 18.1 Å². The summed E-state index contributed by atoms with van der Waals surface area (Å²) < 4.78 is 0. The Morgan fingerprint density at radius 2 is 2.00 bits per heavy atom. The highest BCUT2D eigenvalue weighted by molar-refractivity contribution is 5.80. The van der Waals surface area contributed by atoms with E-state index in [0.717, 1.165) is 25.8 Å². The Hall–Kier alpha value is -1.35. The van der Waals surface area contributed by atoms with E-state index in [-0.39, 0.29) is 11.8 Å². The predicted octanol–water partition coefficient (Wildman–Crippen LogP) is 3.52. The number of rotatable bonds is 5. The van der Waals surface area contributed by atoms with Crippen LogP contribution in [0.3, 0.4) is 0 Å². The first-order chi connectivity index (χ1) is 10.7. The third kappa shape index (κ3) is 2.91. The van der Waals surface area contributed by atoms with Crippen molar-refractivity contribution < 1.29 is 4.79 Å². The molecule has 22 heavy (non-hydrogen) atoms. The summed E-state index contributed by atoms with van der Waals surface area (Å²) in [5, 5.41) is 3.28. The molecule has 3 rings (SSSR count). The van der Waals surface area contributed by atoms with Gasteiger partial charge in [-0.3, -0.25) is 9.69 Å². The van der Waals surface area contributed by atoms with E-state index in [4.69, 9.17) is 0 Å². The first kappa shape index (κ1) is 15.5. The van der Waals surface area contributed by atoms with Crippen LogP contribution in [0.2, 0.25) is 0 Å². The summed E-state index contributed by atoms with van der Waals surface area (Å²) in [6.07, 6.45) is 5.41. The highest BCUT2D eigenvalue weighted by Crippen LogP contribution is 2.44. The lowest BCUT2D eigenvalue weighted by atomic mass is 9.93. The average Bonchev–Trinajstić information content (AvgIpc) is 3.15. The SMILES string of the molecule is CCC(CC)NC(=O)[C@H]1C[C@@H](c2ccccc2)N2CCC[C@H]12. The van der Waals surface area contributed by atoms with Crippen LogP contribution in [-0.2, 0) is 4.79 Å². The molecule has 0 radical (unpaired) electrons. The van der Waals surface area contributed by atoms with Gasteiger partial charge < -0.3 is 5.32 Å². The molecule has 0 aromatic heterocycles. The molecule has 1 N–H and O–H groups in total. The molecule has 2 saturated heterocycles. The van der Waals surface area contributed by atoms with Crippen molar-refractivity contribution in [2.24, 2.45) is 5.92 Å². The Labute approximate surface area is 134 Å². The zero-order chi connectivity index (χ0) is 15.5. The van der Waals surface area contributed by atoms with Crippen molar-refractivity contribution in [1.29, 1.82) is 0 Å². The van der Waals surface area contributed by atoms with E-state index in [1.807, 2.05) is 0 Å². The summed E-state index contributed by atoms with van der Waals surface area (Å²) in [5.74, 6) is 0.442. The minimum atomic E-state index is 0.160. The fourth-order valence-electron chi connectivity index (χ4n) is 4.25. The van der Waals surface area contributed by atoms with Crippen molar-refractivity contribution >= 4 is 5.91 Å². The molecule has 2 aliphatic heterocycles. The molecule has 2 fully saturated rings. The van der Waals surface area contributed by atoms with Crippen molar-refractivity contribution in [3.63, 3.8) is 0 Å². The maximum Gasteiger partial charge on any atom is 0.224 e. The summed E-state index contributed by atoms with van der Waals surface area (Å²) in [4.78, 5) is 15.3. The topological polar surface area (TPSA) is 32.3 Å². The summed E-state index contributed by atoms with van der Waals surface area (Å²) in [7, 11) is 0. The molecule has 2 heterocycles. The van der Waals surface area contributed by atoms with E-state index in [1.54, 1.807) is 0 Å². The normalized spacial score (nSPS) is 28.0. The number of nitrogens with one attached hydrogen (secondary N) is 1. The van der Waals surface area contributed by atoms with Crippen LogP contribution in [-0.4, -0.2) is 29.4 Å². The number of hydrogen-bond acceptors (Lipinski definition) is 2. The number of hydrogen-bond donors (Lipinski definition) is 1. The van der Waals surface area contributed by atoms with Crippen LogP contribution in [0.15, 0.2) is 30.3 Å². The number of carbonyl (C=O) groups is 1. The zero-order valence-corrected chi connectivity index (χ0v) is 13.8. The van der Waals surface area contributed by atoms with Gasteiger partial charge in [-0.25, -0.2) is 0 Å². The van der Waals surface area contributed by atoms with Gasteiger partial charge in [0.05, 0.1) is 5.92 Å². The van der Waals surface area contributed by atoms with E-state index < -0.39 is 0 Å². The van der Waals surface area contributed by atoms with Crippen LogP contribution < -0.4 is 5.32 Å². The molecule has 1 aromatic rings. The number of nitrogens with zero attached hydrogens (tertiary/aromatic N) is 1. The van der Waals surface area contributed by atoms with Crippen LogP contribution in [0.4, 0.5) is 0 Å². The van der Waals surface area contributed by atoms with Crippen LogP contribution >= 0.6 is 0 Å². The maximum atomic E-state index is 12.8. The lowest BCUT2D eigenvalue weighted by Crippen LogP contribution is -2.42. The minimum absolute atomic E-state index is 0.160. The molecule has 0 unspecified atom stereocenters. The number of fused-ring (bicyclic) bond motifs is 1. The Balaban J connectivity index is 1.75. The van der Waals surface area contributed by atoms with Crippen molar-refractivity contribution in [2.75, 3.05) is 6.54 Å². The van der Waals surface area contributed by atoms with E-state index >= 15 is 0 Å². The first-order valence-electron chi connectivity index (χ1n) is 8.85. The van der Waals surface area contributed by atoms with Crippen molar-refractivity contribution in [3.05, 3.63) is 35.9 Å². The molecule has 3 nitrogen and oxygen atoms in total. The minimum Gasteiger partial charge on any atom is -0.353 e. The predicted molar refractivity (Wildman–Crippen MR) is 89.5 cm³/mol. The smallest absolute Gasteiger partial charge is 0.224 e. The Kier molecular flexibility index (Phi) is 4.82. The van der Waals surface area contributed by atoms with Gasteiger partial charge in [0.25, 0.3) is 0 Å². The van der Waals surface area contributed by atoms with Gasteiger partial charge in [0.2, 0.25) is 5.91 Å². The van der Waals surface area contributed by atoms with Gasteiger partial charge >= 0.3 is 0 Å². The second kappa shape index (κ2) is 6.82.